The SMILES string of the molecule is CCNC(=O)[C@@H]1C[C@H](NCc2ccc(OC)c(C)c2C)CN1Cc1ccccc1. The highest BCUT2D eigenvalue weighted by Crippen LogP contribution is 2.25. The van der Waals surface area contributed by atoms with Crippen molar-refractivity contribution in [2.24, 2.45) is 0 Å². The Kier molecular flexibility index (Phi) is 7.29. The first-order valence-electron chi connectivity index (χ1n) is 10.5. The topological polar surface area (TPSA) is 53.6 Å². The summed E-state index contributed by atoms with van der Waals surface area (Å²) in [6, 6.07) is 14.7. The predicted molar refractivity (Wildman–Crippen MR) is 117 cm³/mol. The lowest BCUT2D eigenvalue weighted by Gasteiger charge is -2.23. The molecule has 2 aromatic rings. The van der Waals surface area contributed by atoms with Gasteiger partial charge in [-0.1, -0.05) is 36.4 Å². The van der Waals surface area contributed by atoms with Gasteiger partial charge in [-0.3, -0.25) is 9.69 Å². The van der Waals surface area contributed by atoms with E-state index in [1.807, 2.05) is 19.1 Å². The van der Waals surface area contributed by atoms with Crippen molar-refractivity contribution in [3.8, 4) is 5.75 Å². The Labute approximate surface area is 174 Å². The van der Waals surface area contributed by atoms with Gasteiger partial charge in [0.1, 0.15) is 5.75 Å². The molecule has 156 valence electrons. The van der Waals surface area contributed by atoms with E-state index in [9.17, 15) is 4.79 Å². The minimum absolute atomic E-state index is 0.0913. The average Bonchev–Trinajstić information content (AvgIpc) is 3.13. The number of likely N-dealkylation sites (tertiary alicyclic amines) is 1. The summed E-state index contributed by atoms with van der Waals surface area (Å²) < 4.78 is 5.42. The molecule has 1 saturated heterocycles. The van der Waals surface area contributed by atoms with Crippen LogP contribution in [-0.4, -0.2) is 43.1 Å². The number of rotatable bonds is 8. The molecule has 2 atom stereocenters. The highest BCUT2D eigenvalue weighted by molar-refractivity contribution is 5.82. The van der Waals surface area contributed by atoms with Crippen LogP contribution in [0.4, 0.5) is 0 Å². The summed E-state index contributed by atoms with van der Waals surface area (Å²) >= 11 is 0. The number of methoxy groups -OCH3 is 1. The Bertz CT molecular complexity index is 822. The lowest BCUT2D eigenvalue weighted by molar-refractivity contribution is -0.125. The fourth-order valence-electron chi connectivity index (χ4n) is 4.13. The molecule has 1 heterocycles. The summed E-state index contributed by atoms with van der Waals surface area (Å²) in [6.07, 6.45) is 0.826. The first-order chi connectivity index (χ1) is 14.0. The van der Waals surface area contributed by atoms with Crippen LogP contribution in [0.5, 0.6) is 5.75 Å². The second kappa shape index (κ2) is 9.90. The molecule has 1 fully saturated rings. The number of hydrogen-bond donors (Lipinski definition) is 2. The van der Waals surface area contributed by atoms with Crippen LogP contribution < -0.4 is 15.4 Å². The zero-order valence-electron chi connectivity index (χ0n) is 18.0. The summed E-state index contributed by atoms with van der Waals surface area (Å²) in [5.41, 5.74) is 4.96. The maximum absolute atomic E-state index is 12.6. The summed E-state index contributed by atoms with van der Waals surface area (Å²) in [4.78, 5) is 14.9. The molecule has 1 amide bonds. The first-order valence-corrected chi connectivity index (χ1v) is 10.5. The van der Waals surface area contributed by atoms with Crippen molar-refractivity contribution in [1.82, 2.24) is 15.5 Å². The van der Waals surface area contributed by atoms with Gasteiger partial charge in [0.2, 0.25) is 5.91 Å². The van der Waals surface area contributed by atoms with E-state index in [-0.39, 0.29) is 18.0 Å². The van der Waals surface area contributed by atoms with Crippen LogP contribution in [0.15, 0.2) is 42.5 Å². The van der Waals surface area contributed by atoms with Crippen LogP contribution in [0.1, 0.15) is 35.6 Å². The maximum atomic E-state index is 12.6. The minimum Gasteiger partial charge on any atom is -0.496 e. The quantitative estimate of drug-likeness (QED) is 0.721. The van der Waals surface area contributed by atoms with E-state index >= 15 is 0 Å². The van der Waals surface area contributed by atoms with Gasteiger partial charge >= 0.3 is 0 Å². The van der Waals surface area contributed by atoms with Gasteiger partial charge in [-0.05, 0) is 55.5 Å². The van der Waals surface area contributed by atoms with Crippen LogP contribution in [0.3, 0.4) is 0 Å². The van der Waals surface area contributed by atoms with E-state index in [1.54, 1.807) is 7.11 Å². The minimum atomic E-state index is -0.0913. The van der Waals surface area contributed by atoms with Gasteiger partial charge in [0, 0.05) is 32.2 Å². The molecule has 2 N–H and O–H groups in total. The third-order valence-corrected chi connectivity index (χ3v) is 5.94. The van der Waals surface area contributed by atoms with Gasteiger partial charge in [-0.25, -0.2) is 0 Å². The zero-order valence-corrected chi connectivity index (χ0v) is 18.0. The largest absolute Gasteiger partial charge is 0.496 e. The maximum Gasteiger partial charge on any atom is 0.237 e. The molecule has 29 heavy (non-hydrogen) atoms. The number of likely N-dealkylation sites (N-methyl/N-ethyl adjacent to an activating group) is 1. The molecular formula is C24H33N3O2. The number of carbonyl (C=O) groups is 1. The van der Waals surface area contributed by atoms with Crippen molar-refractivity contribution in [3.63, 3.8) is 0 Å². The van der Waals surface area contributed by atoms with Crippen molar-refractivity contribution < 1.29 is 9.53 Å². The van der Waals surface area contributed by atoms with Gasteiger partial charge in [-0.2, -0.15) is 0 Å². The molecular weight excluding hydrogens is 362 g/mol. The Hall–Kier alpha value is -2.37. The van der Waals surface area contributed by atoms with Gasteiger partial charge in [0.05, 0.1) is 13.2 Å². The third kappa shape index (κ3) is 5.17. The number of nitrogens with one attached hydrogen (secondary N) is 2. The summed E-state index contributed by atoms with van der Waals surface area (Å²) in [6.45, 7) is 9.33. The molecule has 1 aliphatic heterocycles. The molecule has 0 spiro atoms. The third-order valence-electron chi connectivity index (χ3n) is 5.94. The van der Waals surface area contributed by atoms with Crippen molar-refractivity contribution in [2.75, 3.05) is 20.2 Å². The standard InChI is InChI=1S/C24H33N3O2/c1-5-25-24(28)22-13-21(16-27(22)15-19-9-7-6-8-10-19)26-14-20-11-12-23(29-4)18(3)17(20)2/h6-12,21-22,26H,5,13-16H2,1-4H3,(H,25,28)/t21-,22-/m0/s1. The van der Waals surface area contributed by atoms with E-state index in [0.717, 1.165) is 31.8 Å². The number of amides is 1. The molecule has 0 bridgehead atoms. The van der Waals surface area contributed by atoms with Crippen LogP contribution >= 0.6 is 0 Å². The van der Waals surface area contributed by atoms with Crippen LogP contribution in [-0.2, 0) is 17.9 Å². The highest BCUT2D eigenvalue weighted by atomic mass is 16.5. The number of hydrogen-bond acceptors (Lipinski definition) is 4. The van der Waals surface area contributed by atoms with Gasteiger partial charge < -0.3 is 15.4 Å². The van der Waals surface area contributed by atoms with Crippen molar-refractivity contribution >= 4 is 5.91 Å². The number of carbonyl (C=O) groups excluding carboxylic acids is 1. The molecule has 2 aromatic carbocycles. The fourth-order valence-corrected chi connectivity index (χ4v) is 4.13. The second-order valence-electron chi connectivity index (χ2n) is 7.82. The number of ether oxygens (including phenoxy) is 1. The Morgan fingerprint density at radius 1 is 1.14 bits per heavy atom. The van der Waals surface area contributed by atoms with Crippen molar-refractivity contribution in [2.45, 2.75) is 52.4 Å². The fraction of sp³-hybridized carbons (Fsp3) is 0.458. The molecule has 0 aliphatic carbocycles. The molecule has 0 aromatic heterocycles. The van der Waals surface area contributed by atoms with E-state index in [4.69, 9.17) is 4.74 Å². The van der Waals surface area contributed by atoms with E-state index in [0.29, 0.717) is 6.54 Å². The Morgan fingerprint density at radius 3 is 2.59 bits per heavy atom. The van der Waals surface area contributed by atoms with Crippen LogP contribution in [0.25, 0.3) is 0 Å². The van der Waals surface area contributed by atoms with Gasteiger partial charge in [-0.15, -0.1) is 0 Å². The molecule has 0 unspecified atom stereocenters. The predicted octanol–water partition coefficient (Wildman–Crippen LogP) is 3.18. The summed E-state index contributed by atoms with van der Waals surface area (Å²) in [5, 5.41) is 6.69. The smallest absolute Gasteiger partial charge is 0.237 e. The van der Waals surface area contributed by atoms with Crippen LogP contribution in [0, 0.1) is 13.8 Å². The van der Waals surface area contributed by atoms with E-state index < -0.39 is 0 Å². The first kappa shape index (κ1) is 21.3. The van der Waals surface area contributed by atoms with Gasteiger partial charge in [0.25, 0.3) is 0 Å². The average molecular weight is 396 g/mol. The molecule has 3 rings (SSSR count). The van der Waals surface area contributed by atoms with Crippen molar-refractivity contribution in [3.05, 3.63) is 64.7 Å². The van der Waals surface area contributed by atoms with E-state index in [1.165, 1.54) is 22.3 Å². The summed E-state index contributed by atoms with van der Waals surface area (Å²) in [5.74, 6) is 1.06. The molecule has 5 nitrogen and oxygen atoms in total. The van der Waals surface area contributed by atoms with Crippen molar-refractivity contribution in [1.29, 1.82) is 0 Å². The molecule has 1 aliphatic rings. The number of benzene rings is 2. The lowest BCUT2D eigenvalue weighted by Crippen LogP contribution is -2.42. The second-order valence-corrected chi connectivity index (χ2v) is 7.82. The van der Waals surface area contributed by atoms with Crippen LogP contribution in [0.2, 0.25) is 0 Å². The highest BCUT2D eigenvalue weighted by Gasteiger charge is 2.36. The molecule has 0 saturated carbocycles. The monoisotopic (exact) mass is 395 g/mol. The summed E-state index contributed by atoms with van der Waals surface area (Å²) in [7, 11) is 1.71. The van der Waals surface area contributed by atoms with E-state index in [2.05, 4.69) is 59.7 Å². The zero-order chi connectivity index (χ0) is 20.8. The van der Waals surface area contributed by atoms with Gasteiger partial charge in [0.15, 0.2) is 0 Å². The normalized spacial score (nSPS) is 19.3. The lowest BCUT2D eigenvalue weighted by atomic mass is 10.0. The Morgan fingerprint density at radius 2 is 1.90 bits per heavy atom. The number of nitrogens with zero attached hydrogens (tertiary/aromatic N) is 1. The molecule has 0 radical (unpaired) electrons. The molecule has 5 heteroatoms. The Balaban J connectivity index is 1.67.